The fourth-order valence-corrected chi connectivity index (χ4v) is 0.643. The molecule has 14 heavy (non-hydrogen) atoms. The van der Waals surface area contributed by atoms with E-state index in [1.807, 2.05) is 0 Å². The van der Waals surface area contributed by atoms with Gasteiger partial charge in [-0.3, -0.25) is 0 Å². The molecule has 76 valence electrons. The summed E-state index contributed by atoms with van der Waals surface area (Å²) in [7, 11) is 0. The predicted octanol–water partition coefficient (Wildman–Crippen LogP) is -0.785. The van der Waals surface area contributed by atoms with Crippen LogP contribution in [0, 0.1) is 0 Å². The first kappa shape index (κ1) is 12.0. The van der Waals surface area contributed by atoms with Crippen molar-refractivity contribution in [2.45, 2.75) is 6.92 Å². The molecule has 0 heterocycles. The minimum absolute atomic E-state index is 0.178. The quantitative estimate of drug-likeness (QED) is 0.634. The van der Waals surface area contributed by atoms with Crippen molar-refractivity contribution in [1.29, 1.82) is 0 Å². The summed E-state index contributed by atoms with van der Waals surface area (Å²) in [4.78, 5) is 19.1. The number of carbonyl (C=O) groups is 2. The maximum absolute atomic E-state index is 10.7. The van der Waals surface area contributed by atoms with Crippen molar-refractivity contribution in [3.05, 3.63) is 29.8 Å². The standard InChI is InChI=1S/C7H6O3.C2H4O2/c8-6-4-2-1-3-5(6)7(9)10;1-2(3)4/h1-4,8H,(H,9,10);1H3,(H,3,4)/p-2. The van der Waals surface area contributed by atoms with Crippen LogP contribution in [-0.4, -0.2) is 17.0 Å². The van der Waals surface area contributed by atoms with E-state index >= 15 is 0 Å². The molecule has 0 aliphatic rings. The molecular weight excluding hydrogens is 188 g/mol. The van der Waals surface area contributed by atoms with Crippen LogP contribution in [0.25, 0.3) is 0 Å². The number of carboxylic acids is 2. The van der Waals surface area contributed by atoms with Crippen LogP contribution in [0.2, 0.25) is 0 Å². The molecule has 0 atom stereocenters. The highest BCUT2D eigenvalue weighted by molar-refractivity contribution is 5.90. The van der Waals surface area contributed by atoms with Gasteiger partial charge >= 0.3 is 5.97 Å². The highest BCUT2D eigenvalue weighted by Crippen LogP contribution is 2.10. The fourth-order valence-electron chi connectivity index (χ4n) is 0.643. The zero-order valence-corrected chi connectivity index (χ0v) is 7.39. The Labute approximate surface area is 80.2 Å². The SMILES string of the molecule is CC(=O)[O-].O=C(O)c1ccccc1[O-]. The van der Waals surface area contributed by atoms with Crippen molar-refractivity contribution in [2.24, 2.45) is 0 Å². The molecule has 0 unspecified atom stereocenters. The lowest BCUT2D eigenvalue weighted by Gasteiger charge is -2.07. The van der Waals surface area contributed by atoms with E-state index in [1.54, 1.807) is 0 Å². The number of rotatable bonds is 1. The molecule has 0 saturated heterocycles. The van der Waals surface area contributed by atoms with Crippen molar-refractivity contribution in [3.63, 3.8) is 0 Å². The summed E-state index contributed by atoms with van der Waals surface area (Å²) in [6.07, 6.45) is 0. The van der Waals surface area contributed by atoms with Crippen LogP contribution in [-0.2, 0) is 4.79 Å². The molecule has 5 heteroatoms. The lowest BCUT2D eigenvalue weighted by atomic mass is 10.2. The highest BCUT2D eigenvalue weighted by atomic mass is 16.4. The van der Waals surface area contributed by atoms with Gasteiger partial charge in [0.15, 0.2) is 0 Å². The highest BCUT2D eigenvalue weighted by Gasteiger charge is 1.99. The normalized spacial score (nSPS) is 8.36. The van der Waals surface area contributed by atoms with Crippen LogP contribution in [0.15, 0.2) is 24.3 Å². The van der Waals surface area contributed by atoms with Gasteiger partial charge in [-0.15, -0.1) is 0 Å². The van der Waals surface area contributed by atoms with Crippen molar-refractivity contribution in [1.82, 2.24) is 0 Å². The van der Waals surface area contributed by atoms with E-state index in [2.05, 4.69) is 0 Å². The number of benzene rings is 1. The number of hydrogen-bond acceptors (Lipinski definition) is 4. The first-order chi connectivity index (χ1) is 6.45. The minimum atomic E-state index is -1.18. The Morgan fingerprint density at radius 2 is 1.71 bits per heavy atom. The third kappa shape index (κ3) is 4.76. The lowest BCUT2D eigenvalue weighted by molar-refractivity contribution is -0.302. The fraction of sp³-hybridized carbons (Fsp3) is 0.111. The van der Waals surface area contributed by atoms with Crippen LogP contribution >= 0.6 is 0 Å². The molecule has 0 radical (unpaired) electrons. The number of aromatic carboxylic acids is 1. The Balaban J connectivity index is 0.000000364. The predicted molar refractivity (Wildman–Crippen MR) is 43.5 cm³/mol. The first-order valence-corrected chi connectivity index (χ1v) is 3.62. The summed E-state index contributed by atoms with van der Waals surface area (Å²) in [5.74, 6) is -2.71. The van der Waals surface area contributed by atoms with Gasteiger partial charge in [0, 0.05) is 5.97 Å². The molecule has 5 nitrogen and oxygen atoms in total. The molecule has 0 spiro atoms. The van der Waals surface area contributed by atoms with E-state index in [0.717, 1.165) is 6.92 Å². The average Bonchev–Trinajstić information content (AvgIpc) is 2.03. The van der Waals surface area contributed by atoms with Crippen molar-refractivity contribution < 1.29 is 24.9 Å². The molecule has 1 N–H and O–H groups in total. The molecule has 0 aliphatic carbocycles. The van der Waals surface area contributed by atoms with E-state index < -0.39 is 17.7 Å². The van der Waals surface area contributed by atoms with E-state index in [0.29, 0.717) is 0 Å². The van der Waals surface area contributed by atoms with E-state index in [-0.39, 0.29) is 5.56 Å². The van der Waals surface area contributed by atoms with Gasteiger partial charge in [0.1, 0.15) is 0 Å². The van der Waals surface area contributed by atoms with E-state index in [9.17, 15) is 9.90 Å². The molecule has 0 bridgehead atoms. The number of carboxylic acid groups (broad SMARTS) is 2. The van der Waals surface area contributed by atoms with E-state index in [1.165, 1.54) is 24.3 Å². The maximum atomic E-state index is 10.7. The minimum Gasteiger partial charge on any atom is -0.872 e. The summed E-state index contributed by atoms with van der Waals surface area (Å²) < 4.78 is 0. The van der Waals surface area contributed by atoms with Gasteiger partial charge in [0.2, 0.25) is 0 Å². The molecule has 0 saturated carbocycles. The van der Waals surface area contributed by atoms with Crippen LogP contribution in [0.5, 0.6) is 5.75 Å². The van der Waals surface area contributed by atoms with Gasteiger partial charge < -0.3 is 20.1 Å². The number of para-hydroxylation sites is 1. The molecule has 1 aromatic carbocycles. The third-order valence-corrected chi connectivity index (χ3v) is 1.12. The number of aliphatic carboxylic acids is 1. The second-order valence-corrected chi connectivity index (χ2v) is 2.29. The molecular formula is C9H8O5-2. The van der Waals surface area contributed by atoms with Crippen molar-refractivity contribution >= 4 is 11.9 Å². The Morgan fingerprint density at radius 1 is 1.29 bits per heavy atom. The monoisotopic (exact) mass is 196 g/mol. The Morgan fingerprint density at radius 3 is 2.00 bits per heavy atom. The summed E-state index contributed by atoms with van der Waals surface area (Å²) in [6, 6.07) is 5.54. The molecule has 1 aromatic rings. The van der Waals surface area contributed by atoms with Crippen LogP contribution in [0.4, 0.5) is 0 Å². The van der Waals surface area contributed by atoms with Gasteiger partial charge in [0.25, 0.3) is 0 Å². The number of hydrogen-bond donors (Lipinski definition) is 1. The topological polar surface area (TPSA) is 100 Å². The van der Waals surface area contributed by atoms with Gasteiger partial charge in [-0.05, 0) is 13.0 Å². The molecule has 1 rings (SSSR count). The largest absolute Gasteiger partial charge is 0.872 e. The summed E-state index contributed by atoms with van der Waals surface area (Å²) in [6.45, 7) is 0.972. The number of carbonyl (C=O) groups excluding carboxylic acids is 1. The smallest absolute Gasteiger partial charge is 0.335 e. The zero-order valence-electron chi connectivity index (χ0n) is 7.39. The molecule has 0 fully saturated rings. The average molecular weight is 196 g/mol. The van der Waals surface area contributed by atoms with E-state index in [4.69, 9.17) is 15.0 Å². The van der Waals surface area contributed by atoms with Crippen molar-refractivity contribution in [2.75, 3.05) is 0 Å². The van der Waals surface area contributed by atoms with Crippen LogP contribution < -0.4 is 10.2 Å². The second kappa shape index (κ2) is 5.58. The lowest BCUT2D eigenvalue weighted by Crippen LogP contribution is -2.16. The first-order valence-electron chi connectivity index (χ1n) is 3.62. The summed E-state index contributed by atoms with van der Waals surface area (Å²) in [5, 5.41) is 27.9. The maximum Gasteiger partial charge on any atom is 0.335 e. The summed E-state index contributed by atoms with van der Waals surface area (Å²) in [5.41, 5.74) is -0.178. The van der Waals surface area contributed by atoms with Crippen LogP contribution in [0.3, 0.4) is 0 Å². The third-order valence-electron chi connectivity index (χ3n) is 1.12. The second-order valence-electron chi connectivity index (χ2n) is 2.29. The molecule has 0 aromatic heterocycles. The van der Waals surface area contributed by atoms with Gasteiger partial charge in [0.05, 0.1) is 5.56 Å². The Bertz CT molecular complexity index is 328. The zero-order chi connectivity index (χ0) is 11.1. The van der Waals surface area contributed by atoms with Gasteiger partial charge in [-0.2, -0.15) is 0 Å². The Hall–Kier alpha value is -2.04. The van der Waals surface area contributed by atoms with Crippen molar-refractivity contribution in [3.8, 4) is 5.75 Å². The van der Waals surface area contributed by atoms with Gasteiger partial charge in [-0.25, -0.2) is 4.79 Å². The molecule has 0 amide bonds. The Kier molecular flexibility index (Phi) is 4.77. The molecule has 0 aliphatic heterocycles. The summed E-state index contributed by atoms with van der Waals surface area (Å²) >= 11 is 0. The van der Waals surface area contributed by atoms with Gasteiger partial charge in [-0.1, -0.05) is 23.9 Å². The van der Waals surface area contributed by atoms with Crippen LogP contribution in [0.1, 0.15) is 17.3 Å².